The highest BCUT2D eigenvalue weighted by Crippen LogP contribution is 2.24. The summed E-state index contributed by atoms with van der Waals surface area (Å²) in [6, 6.07) is 34.1. The van der Waals surface area contributed by atoms with E-state index in [0.29, 0.717) is 30.8 Å². The van der Waals surface area contributed by atoms with Crippen LogP contribution in [0.1, 0.15) is 105 Å². The first-order valence-corrected chi connectivity index (χ1v) is 26.0. The van der Waals surface area contributed by atoms with Crippen LogP contribution < -0.4 is 32.6 Å². The number of pyridine rings is 1. The molecule has 1 atom stereocenters. The highest BCUT2D eigenvalue weighted by Gasteiger charge is 2.22. The molecule has 0 fully saturated rings. The van der Waals surface area contributed by atoms with E-state index in [1.807, 2.05) is 93.9 Å². The Hall–Kier alpha value is -8.93. The number of amides is 1. The third kappa shape index (κ3) is 14.7. The zero-order valence-corrected chi connectivity index (χ0v) is 46.8. The Labute approximate surface area is 455 Å². The van der Waals surface area contributed by atoms with Gasteiger partial charge < -0.3 is 30.9 Å². The number of aromatic hydroxyl groups is 2. The van der Waals surface area contributed by atoms with Crippen LogP contribution in [0.2, 0.25) is 0 Å². The number of benzene rings is 4. The van der Waals surface area contributed by atoms with Crippen LogP contribution in [0.25, 0.3) is 10.9 Å². The lowest BCUT2D eigenvalue weighted by Gasteiger charge is -2.14. The molecule has 410 valence electrons. The first kappa shape index (κ1) is 58.3. The van der Waals surface area contributed by atoms with Gasteiger partial charge in [0.25, 0.3) is 11.5 Å². The first-order valence-electron chi connectivity index (χ1n) is 26.0. The standard InChI is InChI=1S/C17H21N3O3.C15H18N4O2.C15H20N2.C13H14N2O2/c1-5-13(18-10-12-8-6-11(2)7-9-12)14-15(21)19(3)17(23)20(4)16(14)22;1-3-21-15(20)11-4-6-12(7-5-11)16-13-9-19-14(17-13)8-10(2)18-19;1-5-6-16-15-12(4)8-13-7-10(2)11(3)9-14(13)17-15;1-9-7-8-10(2)15(9)14-13(17)11-5-3-4-6-12(11)16/h6-9,21H,5,10H2,1-4H3;4-8,13,16-17H,3,9H2,1-2H3;7-9H,5-6H2,1-4H3,(H,16,17);3-8,16H,1-2H3,(H,14,17). The molecule has 0 saturated carbocycles. The van der Waals surface area contributed by atoms with Gasteiger partial charge in [-0.05, 0) is 157 Å². The second-order valence-corrected chi connectivity index (χ2v) is 19.1. The van der Waals surface area contributed by atoms with E-state index in [4.69, 9.17) is 9.72 Å². The summed E-state index contributed by atoms with van der Waals surface area (Å²) in [6.45, 7) is 22.5. The van der Waals surface area contributed by atoms with Crippen LogP contribution in [0, 0.1) is 48.5 Å². The molecule has 0 radical (unpaired) electrons. The van der Waals surface area contributed by atoms with Gasteiger partial charge in [-0.15, -0.1) is 0 Å². The number of phenols is 1. The monoisotopic (exact) mass is 1060 g/mol. The second-order valence-electron chi connectivity index (χ2n) is 19.1. The predicted molar refractivity (Wildman–Crippen MR) is 311 cm³/mol. The molecule has 1 amide bonds. The van der Waals surface area contributed by atoms with Crippen molar-refractivity contribution in [3.63, 3.8) is 0 Å². The summed E-state index contributed by atoms with van der Waals surface area (Å²) < 4.78 is 10.6. The topological polar surface area (TPSA) is 224 Å². The SMILES string of the molecule is CCC(=NCc1ccc(C)cc1)c1c(O)n(C)c(=O)n(C)c1=O.CCCNc1nc2cc(C)c(C)cc2cc1C.CCOC(=O)c1ccc(NC2Cn3nc(C)cc3N2)cc1.Cc1ccc(C)n1NC(=O)c1ccccc1O. The van der Waals surface area contributed by atoms with E-state index in [2.05, 4.69) is 77.4 Å². The van der Waals surface area contributed by atoms with Crippen molar-refractivity contribution in [3.8, 4) is 11.6 Å². The Morgan fingerprint density at radius 3 is 2.08 bits per heavy atom. The van der Waals surface area contributed by atoms with E-state index in [1.165, 1.54) is 42.2 Å². The fourth-order valence-corrected chi connectivity index (χ4v) is 8.37. The number of nitrogens with zero attached hydrogens (tertiary/aromatic N) is 7. The highest BCUT2D eigenvalue weighted by atomic mass is 16.5. The molecule has 9 rings (SSSR count). The average Bonchev–Trinajstić information content (AvgIpc) is 4.07. The molecule has 1 unspecified atom stereocenters. The van der Waals surface area contributed by atoms with Crippen LogP contribution in [0.15, 0.2) is 124 Å². The molecule has 5 heterocycles. The number of carbonyl (C=O) groups is 2. The molecule has 0 aliphatic carbocycles. The second kappa shape index (κ2) is 26.7. The summed E-state index contributed by atoms with van der Waals surface area (Å²) >= 11 is 0. The molecule has 1 aliphatic heterocycles. The van der Waals surface area contributed by atoms with Gasteiger partial charge in [-0.3, -0.25) is 33.8 Å². The Morgan fingerprint density at radius 2 is 1.45 bits per heavy atom. The molecule has 4 aromatic carbocycles. The van der Waals surface area contributed by atoms with Crippen LogP contribution in [-0.4, -0.2) is 75.7 Å². The number of aliphatic imine (C=N–C) groups is 1. The van der Waals surface area contributed by atoms with Crippen LogP contribution in [-0.2, 0) is 31.9 Å². The Morgan fingerprint density at radius 1 is 0.795 bits per heavy atom. The van der Waals surface area contributed by atoms with Gasteiger partial charge in [0.2, 0.25) is 5.88 Å². The smallest absolute Gasteiger partial charge is 0.338 e. The van der Waals surface area contributed by atoms with Gasteiger partial charge in [-0.25, -0.2) is 19.3 Å². The molecule has 18 nitrogen and oxygen atoms in total. The lowest BCUT2D eigenvalue weighted by atomic mass is 10.1. The van der Waals surface area contributed by atoms with Gasteiger partial charge in [0, 0.05) is 49.2 Å². The van der Waals surface area contributed by atoms with Crippen molar-refractivity contribution in [2.24, 2.45) is 19.1 Å². The number of aromatic nitrogens is 6. The zero-order valence-electron chi connectivity index (χ0n) is 46.8. The Bertz CT molecular complexity index is 3490. The van der Waals surface area contributed by atoms with Crippen molar-refractivity contribution in [2.75, 3.05) is 34.5 Å². The zero-order chi connectivity index (χ0) is 56.8. The van der Waals surface area contributed by atoms with E-state index in [0.717, 1.165) is 79.7 Å². The van der Waals surface area contributed by atoms with Gasteiger partial charge in [-0.2, -0.15) is 5.10 Å². The summed E-state index contributed by atoms with van der Waals surface area (Å²) in [6.07, 6.45) is 1.69. The quantitative estimate of drug-likeness (QED) is 0.0469. The van der Waals surface area contributed by atoms with Gasteiger partial charge in [0.1, 0.15) is 29.1 Å². The number of anilines is 3. The molecule has 78 heavy (non-hydrogen) atoms. The molecule has 0 spiro atoms. The van der Waals surface area contributed by atoms with Crippen molar-refractivity contribution in [1.29, 1.82) is 0 Å². The lowest BCUT2D eigenvalue weighted by Crippen LogP contribution is -2.40. The van der Waals surface area contributed by atoms with Crippen LogP contribution in [0.3, 0.4) is 0 Å². The Balaban J connectivity index is 0.000000170. The van der Waals surface area contributed by atoms with E-state index >= 15 is 0 Å². The predicted octanol–water partition coefficient (Wildman–Crippen LogP) is 9.91. The van der Waals surface area contributed by atoms with Crippen molar-refractivity contribution in [2.45, 2.75) is 101 Å². The number of ether oxygens (including phenoxy) is 1. The minimum Gasteiger partial charge on any atom is -0.507 e. The normalized spacial score (nSPS) is 12.4. The maximum atomic E-state index is 12.3. The third-order valence-corrected chi connectivity index (χ3v) is 12.9. The molecule has 0 bridgehead atoms. The number of aryl methyl sites for hydroxylation is 7. The van der Waals surface area contributed by atoms with E-state index in [9.17, 15) is 29.4 Å². The van der Waals surface area contributed by atoms with Gasteiger partial charge in [-0.1, -0.05) is 55.8 Å². The molecule has 1 aliphatic rings. The average molecular weight is 1060 g/mol. The molecule has 18 heteroatoms. The molecule has 4 aromatic heterocycles. The fraction of sp³-hybridized carbons (Fsp3) is 0.317. The molecular weight excluding hydrogens is 987 g/mol. The molecular formula is C60H73N11O7. The number of phenolic OH excluding ortho intramolecular Hbond substituents is 1. The lowest BCUT2D eigenvalue weighted by molar-refractivity contribution is 0.0526. The summed E-state index contributed by atoms with van der Waals surface area (Å²) in [4.78, 5) is 56.8. The van der Waals surface area contributed by atoms with Crippen molar-refractivity contribution in [3.05, 3.63) is 192 Å². The number of nitrogens with one attached hydrogen (secondary N) is 4. The van der Waals surface area contributed by atoms with E-state index < -0.39 is 11.2 Å². The fourth-order valence-electron chi connectivity index (χ4n) is 8.37. The van der Waals surface area contributed by atoms with Crippen molar-refractivity contribution < 1.29 is 24.5 Å². The third-order valence-electron chi connectivity index (χ3n) is 12.9. The number of para-hydroxylation sites is 1. The number of hydrogen-bond acceptors (Lipinski definition) is 13. The molecule has 0 saturated heterocycles. The summed E-state index contributed by atoms with van der Waals surface area (Å²) in [5.74, 6) is 1.05. The van der Waals surface area contributed by atoms with E-state index in [1.54, 1.807) is 41.9 Å². The minimum atomic E-state index is -0.565. The summed E-state index contributed by atoms with van der Waals surface area (Å²) in [5.41, 5.74) is 14.0. The Kier molecular flexibility index (Phi) is 20.0. The molecule has 6 N–H and O–H groups in total. The molecule has 8 aromatic rings. The van der Waals surface area contributed by atoms with Gasteiger partial charge in [0.05, 0.1) is 47.7 Å². The van der Waals surface area contributed by atoms with Crippen LogP contribution >= 0.6 is 0 Å². The summed E-state index contributed by atoms with van der Waals surface area (Å²) in [5, 5.41) is 35.5. The number of esters is 1. The highest BCUT2D eigenvalue weighted by molar-refractivity contribution is 6.02. The first-order chi connectivity index (χ1) is 37.2. The summed E-state index contributed by atoms with van der Waals surface area (Å²) in [7, 11) is 2.81. The number of carbonyl (C=O) groups excluding carboxylic acids is 2. The van der Waals surface area contributed by atoms with Gasteiger partial charge >= 0.3 is 11.7 Å². The van der Waals surface area contributed by atoms with Crippen molar-refractivity contribution >= 4 is 45.8 Å². The minimum absolute atomic E-state index is 0.0209. The number of hydrogen-bond donors (Lipinski definition) is 6. The number of rotatable bonds is 13. The van der Waals surface area contributed by atoms with Crippen molar-refractivity contribution in [1.82, 2.24) is 28.6 Å². The van der Waals surface area contributed by atoms with Gasteiger partial charge in [0.15, 0.2) is 0 Å². The van der Waals surface area contributed by atoms with Crippen LogP contribution in [0.4, 0.5) is 17.3 Å². The van der Waals surface area contributed by atoms with E-state index in [-0.39, 0.29) is 40.8 Å². The van der Waals surface area contributed by atoms with Crippen LogP contribution in [0.5, 0.6) is 11.6 Å². The maximum Gasteiger partial charge on any atom is 0.338 e. The largest absolute Gasteiger partial charge is 0.507 e. The number of fused-ring (bicyclic) bond motifs is 2. The maximum absolute atomic E-state index is 12.3.